The number of ether oxygens (including phenoxy) is 1. The molecule has 2 rings (SSSR count). The van der Waals surface area contributed by atoms with E-state index in [-0.39, 0.29) is 5.78 Å². The van der Waals surface area contributed by atoms with Gasteiger partial charge in [0.25, 0.3) is 5.91 Å². The molecule has 0 fully saturated rings. The lowest BCUT2D eigenvalue weighted by Crippen LogP contribution is -2.44. The summed E-state index contributed by atoms with van der Waals surface area (Å²) in [6.07, 6.45) is -0.856. The van der Waals surface area contributed by atoms with Crippen molar-refractivity contribution in [3.8, 4) is 5.75 Å². The second kappa shape index (κ2) is 8.63. The van der Waals surface area contributed by atoms with E-state index in [1.807, 2.05) is 30.3 Å². The third-order valence-electron chi connectivity index (χ3n) is 3.48. The van der Waals surface area contributed by atoms with Crippen molar-refractivity contribution >= 4 is 17.7 Å². The minimum Gasteiger partial charge on any atom is -0.481 e. The van der Waals surface area contributed by atoms with Crippen LogP contribution in [-0.2, 0) is 11.3 Å². The molecule has 25 heavy (non-hydrogen) atoms. The summed E-state index contributed by atoms with van der Waals surface area (Å²) in [5.41, 5.74) is 1.49. The van der Waals surface area contributed by atoms with Crippen molar-refractivity contribution in [1.82, 2.24) is 10.6 Å². The first-order valence-corrected chi connectivity index (χ1v) is 7.86. The van der Waals surface area contributed by atoms with Gasteiger partial charge in [0, 0.05) is 12.1 Å². The molecule has 1 atom stereocenters. The Hall–Kier alpha value is -3.15. The van der Waals surface area contributed by atoms with Gasteiger partial charge in [-0.05, 0) is 43.7 Å². The number of urea groups is 1. The van der Waals surface area contributed by atoms with E-state index >= 15 is 0 Å². The first-order chi connectivity index (χ1) is 12.0. The summed E-state index contributed by atoms with van der Waals surface area (Å²) < 4.78 is 5.47. The molecule has 0 radical (unpaired) electrons. The zero-order chi connectivity index (χ0) is 18.2. The van der Waals surface area contributed by atoms with Crippen LogP contribution in [0, 0.1) is 0 Å². The predicted octanol–water partition coefficient (Wildman–Crippen LogP) is 2.68. The van der Waals surface area contributed by atoms with Gasteiger partial charge in [-0.25, -0.2) is 4.79 Å². The summed E-state index contributed by atoms with van der Waals surface area (Å²) in [7, 11) is 0. The van der Waals surface area contributed by atoms with Gasteiger partial charge in [-0.2, -0.15) is 0 Å². The van der Waals surface area contributed by atoms with Crippen LogP contribution < -0.4 is 15.4 Å². The van der Waals surface area contributed by atoms with E-state index in [4.69, 9.17) is 4.74 Å². The number of imide groups is 1. The van der Waals surface area contributed by atoms with Gasteiger partial charge in [0.2, 0.25) is 0 Å². The first kappa shape index (κ1) is 18.2. The van der Waals surface area contributed by atoms with Gasteiger partial charge in [0.15, 0.2) is 11.9 Å². The molecule has 6 heteroatoms. The zero-order valence-electron chi connectivity index (χ0n) is 14.1. The fourth-order valence-corrected chi connectivity index (χ4v) is 2.06. The highest BCUT2D eigenvalue weighted by molar-refractivity contribution is 5.96. The SMILES string of the molecule is CC(=O)c1ccc(O[C@@H](C)C(=O)NC(=O)NCc2ccccc2)cc1. The monoisotopic (exact) mass is 340 g/mol. The molecule has 0 bridgehead atoms. The average molecular weight is 340 g/mol. The van der Waals surface area contributed by atoms with Crippen LogP contribution in [0.15, 0.2) is 54.6 Å². The molecular formula is C19H20N2O4. The number of carbonyl (C=O) groups is 3. The van der Waals surface area contributed by atoms with E-state index in [1.165, 1.54) is 6.92 Å². The van der Waals surface area contributed by atoms with Gasteiger partial charge >= 0.3 is 6.03 Å². The topological polar surface area (TPSA) is 84.5 Å². The fourth-order valence-electron chi connectivity index (χ4n) is 2.06. The Balaban J connectivity index is 1.81. The molecule has 0 aliphatic carbocycles. The number of carbonyl (C=O) groups excluding carboxylic acids is 3. The van der Waals surface area contributed by atoms with Gasteiger partial charge in [-0.3, -0.25) is 14.9 Å². The van der Waals surface area contributed by atoms with Gasteiger partial charge in [-0.15, -0.1) is 0 Å². The molecule has 0 saturated carbocycles. The number of benzene rings is 2. The Bertz CT molecular complexity index is 742. The van der Waals surface area contributed by atoms with E-state index < -0.39 is 18.0 Å². The number of hydrogen-bond acceptors (Lipinski definition) is 4. The molecule has 0 heterocycles. The van der Waals surface area contributed by atoms with E-state index in [1.54, 1.807) is 31.2 Å². The molecule has 2 N–H and O–H groups in total. The lowest BCUT2D eigenvalue weighted by atomic mass is 10.1. The van der Waals surface area contributed by atoms with Crippen LogP contribution in [0.25, 0.3) is 0 Å². The number of nitrogens with one attached hydrogen (secondary N) is 2. The molecule has 2 aromatic carbocycles. The lowest BCUT2D eigenvalue weighted by molar-refractivity contribution is -0.126. The fraction of sp³-hybridized carbons (Fsp3) is 0.211. The van der Waals surface area contributed by atoms with Crippen LogP contribution in [0.5, 0.6) is 5.75 Å². The van der Waals surface area contributed by atoms with Gasteiger partial charge in [0.05, 0.1) is 0 Å². The van der Waals surface area contributed by atoms with Gasteiger partial charge in [-0.1, -0.05) is 30.3 Å². The van der Waals surface area contributed by atoms with Gasteiger partial charge in [0.1, 0.15) is 5.75 Å². The Morgan fingerprint density at radius 1 is 1.00 bits per heavy atom. The third kappa shape index (κ3) is 5.76. The molecular weight excluding hydrogens is 320 g/mol. The molecule has 0 aromatic heterocycles. The van der Waals surface area contributed by atoms with Crippen molar-refractivity contribution in [3.63, 3.8) is 0 Å². The summed E-state index contributed by atoms with van der Waals surface area (Å²) in [5.74, 6) is -0.161. The van der Waals surface area contributed by atoms with Crippen molar-refractivity contribution in [2.24, 2.45) is 0 Å². The second-order valence-corrected chi connectivity index (χ2v) is 5.50. The number of ketones is 1. The molecule has 130 valence electrons. The summed E-state index contributed by atoms with van der Waals surface area (Å²) in [6.45, 7) is 3.33. The minimum absolute atomic E-state index is 0.0487. The van der Waals surface area contributed by atoms with Gasteiger partial charge < -0.3 is 10.1 Å². The largest absolute Gasteiger partial charge is 0.481 e. The average Bonchev–Trinajstić information content (AvgIpc) is 2.61. The summed E-state index contributed by atoms with van der Waals surface area (Å²) in [5, 5.41) is 4.84. The lowest BCUT2D eigenvalue weighted by Gasteiger charge is -2.14. The molecule has 0 spiro atoms. The number of Topliss-reactive ketones (excluding diaryl/α,β-unsaturated/α-hetero) is 1. The summed E-state index contributed by atoms with van der Waals surface area (Å²) in [6, 6.07) is 15.2. The van der Waals surface area contributed by atoms with Crippen molar-refractivity contribution in [3.05, 3.63) is 65.7 Å². The third-order valence-corrected chi connectivity index (χ3v) is 3.48. The molecule has 3 amide bonds. The maximum atomic E-state index is 12.0. The Morgan fingerprint density at radius 3 is 2.24 bits per heavy atom. The van der Waals surface area contributed by atoms with E-state index in [0.29, 0.717) is 17.9 Å². The Morgan fingerprint density at radius 2 is 1.64 bits per heavy atom. The number of hydrogen-bond donors (Lipinski definition) is 2. The van der Waals surface area contributed by atoms with E-state index in [0.717, 1.165) is 5.56 Å². The zero-order valence-corrected chi connectivity index (χ0v) is 14.1. The smallest absolute Gasteiger partial charge is 0.321 e. The van der Waals surface area contributed by atoms with Crippen molar-refractivity contribution < 1.29 is 19.1 Å². The van der Waals surface area contributed by atoms with E-state index in [9.17, 15) is 14.4 Å². The molecule has 2 aromatic rings. The minimum atomic E-state index is -0.856. The van der Waals surface area contributed by atoms with Crippen LogP contribution >= 0.6 is 0 Å². The first-order valence-electron chi connectivity index (χ1n) is 7.86. The molecule has 0 aliphatic rings. The van der Waals surface area contributed by atoms with Crippen LogP contribution in [0.3, 0.4) is 0 Å². The normalized spacial score (nSPS) is 11.3. The summed E-state index contributed by atoms with van der Waals surface area (Å²) in [4.78, 5) is 35.0. The Kier molecular flexibility index (Phi) is 6.28. The second-order valence-electron chi connectivity index (χ2n) is 5.50. The molecule has 0 unspecified atom stereocenters. The van der Waals surface area contributed by atoms with Crippen molar-refractivity contribution in [1.29, 1.82) is 0 Å². The predicted molar refractivity (Wildman–Crippen MR) is 93.4 cm³/mol. The molecule has 0 aliphatic heterocycles. The standard InChI is InChI=1S/C19H20N2O4/c1-13(22)16-8-10-17(11-9-16)25-14(2)18(23)21-19(24)20-12-15-6-4-3-5-7-15/h3-11,14H,12H2,1-2H3,(H2,20,21,23,24)/t14-/m0/s1. The van der Waals surface area contributed by atoms with Crippen molar-refractivity contribution in [2.45, 2.75) is 26.5 Å². The molecule has 6 nitrogen and oxygen atoms in total. The quantitative estimate of drug-likeness (QED) is 0.792. The number of amides is 3. The highest BCUT2D eigenvalue weighted by Gasteiger charge is 2.17. The molecule has 0 saturated heterocycles. The summed E-state index contributed by atoms with van der Waals surface area (Å²) >= 11 is 0. The maximum absolute atomic E-state index is 12.0. The highest BCUT2D eigenvalue weighted by Crippen LogP contribution is 2.14. The van der Waals surface area contributed by atoms with Crippen LogP contribution in [0.4, 0.5) is 4.79 Å². The van der Waals surface area contributed by atoms with Crippen LogP contribution in [0.1, 0.15) is 29.8 Å². The van der Waals surface area contributed by atoms with Crippen LogP contribution in [0.2, 0.25) is 0 Å². The Labute approximate surface area is 146 Å². The maximum Gasteiger partial charge on any atom is 0.321 e. The van der Waals surface area contributed by atoms with Crippen LogP contribution in [-0.4, -0.2) is 23.8 Å². The van der Waals surface area contributed by atoms with E-state index in [2.05, 4.69) is 10.6 Å². The number of rotatable bonds is 6. The highest BCUT2D eigenvalue weighted by atomic mass is 16.5. The van der Waals surface area contributed by atoms with Crippen molar-refractivity contribution in [2.75, 3.05) is 0 Å².